The van der Waals surface area contributed by atoms with Crippen LogP contribution in [0, 0.1) is 23.2 Å². The minimum atomic E-state index is -0.407. The highest BCUT2D eigenvalue weighted by Gasteiger charge is 2.54. The van der Waals surface area contributed by atoms with Gasteiger partial charge in [-0.05, 0) is 35.7 Å². The van der Waals surface area contributed by atoms with Crippen molar-refractivity contribution in [3.05, 3.63) is 11.1 Å². The molecule has 2 aliphatic carbocycles. The number of ether oxygens (including phenoxy) is 1. The van der Waals surface area contributed by atoms with E-state index in [9.17, 15) is 9.90 Å². The fraction of sp³-hybridized carbons (Fsp3) is 0.786. The van der Waals surface area contributed by atoms with Crippen molar-refractivity contribution in [2.75, 3.05) is 6.61 Å². The number of hydrogen-bond acceptors (Lipinski definition) is 3. The van der Waals surface area contributed by atoms with Crippen LogP contribution in [0.1, 0.15) is 33.6 Å². The fourth-order valence-corrected chi connectivity index (χ4v) is 4.08. The molecule has 4 unspecified atom stereocenters. The Morgan fingerprint density at radius 3 is 2.82 bits per heavy atom. The smallest absolute Gasteiger partial charge is 0.334 e. The quantitative estimate of drug-likeness (QED) is 0.653. The first-order valence-electron chi connectivity index (χ1n) is 6.50. The van der Waals surface area contributed by atoms with E-state index in [1.165, 1.54) is 0 Å². The predicted molar refractivity (Wildman–Crippen MR) is 63.2 cm³/mol. The zero-order chi connectivity index (χ0) is 12.4. The molecule has 1 saturated carbocycles. The van der Waals surface area contributed by atoms with E-state index in [1.54, 1.807) is 0 Å². The zero-order valence-corrected chi connectivity index (χ0v) is 10.7. The molecule has 0 aromatic heterocycles. The fourth-order valence-electron chi connectivity index (χ4n) is 4.08. The van der Waals surface area contributed by atoms with Gasteiger partial charge >= 0.3 is 5.97 Å². The summed E-state index contributed by atoms with van der Waals surface area (Å²) < 4.78 is 5.17. The lowest BCUT2D eigenvalue weighted by Gasteiger charge is -2.31. The molecule has 3 aliphatic rings. The van der Waals surface area contributed by atoms with E-state index < -0.39 is 6.10 Å². The molecular weight excluding hydrogens is 216 g/mol. The lowest BCUT2D eigenvalue weighted by molar-refractivity contribution is -0.137. The maximum absolute atomic E-state index is 11.9. The maximum Gasteiger partial charge on any atom is 0.334 e. The van der Waals surface area contributed by atoms with Crippen LogP contribution in [-0.4, -0.2) is 23.8 Å². The van der Waals surface area contributed by atoms with Gasteiger partial charge in [-0.25, -0.2) is 4.79 Å². The van der Waals surface area contributed by atoms with Gasteiger partial charge in [-0.1, -0.05) is 20.8 Å². The minimum absolute atomic E-state index is 0.0196. The second-order valence-electron chi connectivity index (χ2n) is 6.58. The number of hydrogen-bond donors (Lipinski definition) is 1. The van der Waals surface area contributed by atoms with E-state index in [2.05, 4.69) is 20.8 Å². The van der Waals surface area contributed by atoms with E-state index in [-0.39, 0.29) is 17.3 Å². The van der Waals surface area contributed by atoms with Crippen molar-refractivity contribution < 1.29 is 14.6 Å². The van der Waals surface area contributed by atoms with E-state index >= 15 is 0 Å². The Labute approximate surface area is 102 Å². The van der Waals surface area contributed by atoms with Crippen molar-refractivity contribution in [1.29, 1.82) is 0 Å². The molecule has 0 aromatic rings. The van der Waals surface area contributed by atoms with E-state index in [1.807, 2.05) is 0 Å². The Morgan fingerprint density at radius 1 is 1.41 bits per heavy atom. The Bertz CT molecular complexity index is 408. The van der Waals surface area contributed by atoms with Gasteiger partial charge in [0.05, 0.1) is 6.10 Å². The third-order valence-electron chi connectivity index (χ3n) is 4.95. The van der Waals surface area contributed by atoms with Gasteiger partial charge in [-0.2, -0.15) is 0 Å². The molecule has 1 fully saturated rings. The Kier molecular flexibility index (Phi) is 2.22. The second kappa shape index (κ2) is 3.35. The summed E-state index contributed by atoms with van der Waals surface area (Å²) >= 11 is 0. The molecule has 1 N–H and O–H groups in total. The average Bonchev–Trinajstić information content (AvgIpc) is 2.69. The van der Waals surface area contributed by atoms with Crippen LogP contribution in [0.2, 0.25) is 0 Å². The van der Waals surface area contributed by atoms with Gasteiger partial charge < -0.3 is 9.84 Å². The Morgan fingerprint density at radius 2 is 2.12 bits per heavy atom. The Hall–Kier alpha value is -0.830. The third-order valence-corrected chi connectivity index (χ3v) is 4.95. The third kappa shape index (κ3) is 1.41. The van der Waals surface area contributed by atoms with Crippen molar-refractivity contribution in [3.63, 3.8) is 0 Å². The van der Waals surface area contributed by atoms with Gasteiger partial charge in [0.15, 0.2) is 0 Å². The predicted octanol–water partition coefficient (Wildman–Crippen LogP) is 1.90. The summed E-state index contributed by atoms with van der Waals surface area (Å²) in [6.07, 6.45) is 1.68. The molecule has 0 radical (unpaired) electrons. The van der Waals surface area contributed by atoms with Crippen LogP contribution < -0.4 is 0 Å². The van der Waals surface area contributed by atoms with Gasteiger partial charge in [-0.15, -0.1) is 0 Å². The van der Waals surface area contributed by atoms with Crippen molar-refractivity contribution in [2.24, 2.45) is 23.2 Å². The van der Waals surface area contributed by atoms with Crippen molar-refractivity contribution >= 4 is 5.97 Å². The molecule has 3 rings (SSSR count). The summed E-state index contributed by atoms with van der Waals surface area (Å²) in [5.74, 6) is 0.711. The number of esters is 1. The van der Waals surface area contributed by atoms with Gasteiger partial charge in [-0.3, -0.25) is 0 Å². The summed E-state index contributed by atoms with van der Waals surface area (Å²) in [5, 5.41) is 10.5. The summed E-state index contributed by atoms with van der Waals surface area (Å²) in [4.78, 5) is 11.9. The van der Waals surface area contributed by atoms with Gasteiger partial charge in [0.25, 0.3) is 0 Å². The average molecular weight is 236 g/mol. The summed E-state index contributed by atoms with van der Waals surface area (Å²) in [6, 6.07) is 0. The van der Waals surface area contributed by atoms with Gasteiger partial charge in [0.1, 0.15) is 6.61 Å². The highest BCUT2D eigenvalue weighted by molar-refractivity contribution is 5.93. The first-order valence-corrected chi connectivity index (χ1v) is 6.50. The normalized spacial score (nSPS) is 43.4. The first-order chi connectivity index (χ1) is 7.92. The minimum Gasteiger partial charge on any atom is -0.458 e. The first kappa shape index (κ1) is 11.3. The molecule has 0 aromatic carbocycles. The number of fused-ring (bicyclic) bond motifs is 2. The molecule has 1 aliphatic heterocycles. The number of carbonyl (C=O) groups is 1. The largest absolute Gasteiger partial charge is 0.458 e. The number of aliphatic hydroxyl groups excluding tert-OH is 1. The second-order valence-corrected chi connectivity index (χ2v) is 6.58. The van der Waals surface area contributed by atoms with Crippen molar-refractivity contribution in [1.82, 2.24) is 0 Å². The van der Waals surface area contributed by atoms with Gasteiger partial charge in [0.2, 0.25) is 0 Å². The summed E-state index contributed by atoms with van der Waals surface area (Å²) in [6.45, 7) is 6.82. The molecular formula is C14H20O3. The maximum atomic E-state index is 11.9. The standard InChI is InChI=1S/C14H20O3/c1-7-4-8-5-14(2,3)12(15)10(8)11-9(7)6-17-13(11)16/h7-8,10,12,15H,4-6H2,1-3H3. The molecule has 0 saturated heterocycles. The van der Waals surface area contributed by atoms with E-state index in [4.69, 9.17) is 4.74 Å². The van der Waals surface area contributed by atoms with Crippen LogP contribution in [0.4, 0.5) is 0 Å². The number of aliphatic hydroxyl groups is 1. The molecule has 94 valence electrons. The molecule has 4 atom stereocenters. The lowest BCUT2D eigenvalue weighted by Crippen LogP contribution is -2.34. The van der Waals surface area contributed by atoms with E-state index in [0.717, 1.165) is 24.0 Å². The highest BCUT2D eigenvalue weighted by Crippen LogP contribution is 2.55. The number of rotatable bonds is 0. The molecule has 0 amide bonds. The summed E-state index contributed by atoms with van der Waals surface area (Å²) in [5.41, 5.74) is 1.88. The Balaban J connectivity index is 2.06. The molecule has 0 bridgehead atoms. The van der Waals surface area contributed by atoms with Crippen molar-refractivity contribution in [3.8, 4) is 0 Å². The molecule has 3 heteroatoms. The van der Waals surface area contributed by atoms with Crippen molar-refractivity contribution in [2.45, 2.75) is 39.7 Å². The zero-order valence-electron chi connectivity index (χ0n) is 10.7. The molecule has 1 heterocycles. The monoisotopic (exact) mass is 236 g/mol. The van der Waals surface area contributed by atoms with Crippen LogP contribution >= 0.6 is 0 Å². The van der Waals surface area contributed by atoms with Crippen LogP contribution in [0.5, 0.6) is 0 Å². The van der Waals surface area contributed by atoms with Gasteiger partial charge in [0, 0.05) is 11.5 Å². The SMILES string of the molecule is CC1CC2CC(C)(C)C(O)C2C2=C1COC2=O. The summed E-state index contributed by atoms with van der Waals surface area (Å²) in [7, 11) is 0. The number of carbonyl (C=O) groups excluding carboxylic acids is 1. The van der Waals surface area contributed by atoms with E-state index in [0.29, 0.717) is 18.4 Å². The van der Waals surface area contributed by atoms with Crippen LogP contribution in [0.15, 0.2) is 11.1 Å². The van der Waals surface area contributed by atoms with Crippen LogP contribution in [0.25, 0.3) is 0 Å². The molecule has 3 nitrogen and oxygen atoms in total. The topological polar surface area (TPSA) is 46.5 Å². The number of cyclic esters (lactones) is 1. The van der Waals surface area contributed by atoms with Crippen LogP contribution in [-0.2, 0) is 9.53 Å². The van der Waals surface area contributed by atoms with Crippen LogP contribution in [0.3, 0.4) is 0 Å². The molecule has 17 heavy (non-hydrogen) atoms. The highest BCUT2D eigenvalue weighted by atomic mass is 16.5. The lowest BCUT2D eigenvalue weighted by atomic mass is 9.72. The molecule has 0 spiro atoms.